The number of hydrogen-bond acceptors (Lipinski definition) is 12. The highest BCUT2D eigenvalue weighted by molar-refractivity contribution is 7.13. The van der Waals surface area contributed by atoms with Gasteiger partial charge in [0.15, 0.2) is 6.29 Å². The number of ether oxygens (including phenoxy) is 1. The number of rotatable bonds is 11. The van der Waals surface area contributed by atoms with Crippen molar-refractivity contribution in [3.8, 4) is 16.2 Å². The molecule has 12 nitrogen and oxygen atoms in total. The molecule has 1 aromatic carbocycles. The summed E-state index contributed by atoms with van der Waals surface area (Å²) in [5, 5.41) is 12.9. The number of alkyl halides is 1. The number of nitrogens with zero attached hydrogens (tertiary/aromatic N) is 2. The van der Waals surface area contributed by atoms with Crippen molar-refractivity contribution in [2.75, 3.05) is 54.5 Å². The van der Waals surface area contributed by atoms with E-state index in [0.717, 1.165) is 73.9 Å². The number of likely N-dealkylation sites (tertiary alicyclic amines) is 1. The van der Waals surface area contributed by atoms with Crippen LogP contribution in [0, 0.1) is 18.3 Å². The van der Waals surface area contributed by atoms with Crippen molar-refractivity contribution < 1.29 is 33.4 Å². The maximum atomic E-state index is 13.4. The highest BCUT2D eigenvalue weighted by Crippen LogP contribution is 2.51. The Balaban J connectivity index is 0. The van der Waals surface area contributed by atoms with Crippen LogP contribution in [-0.4, -0.2) is 106 Å². The highest BCUT2D eigenvalue weighted by Gasteiger charge is 2.54. The lowest BCUT2D eigenvalue weighted by atomic mass is 9.77. The second-order valence-corrected chi connectivity index (χ2v) is 12.7. The fraction of sp³-hybridized carbons (Fsp3) is 0.618. The lowest BCUT2D eigenvalue weighted by Crippen LogP contribution is -2.41. The molecule has 2 atom stereocenters. The number of nitrogens with two attached hydrogens (primary N) is 2. The van der Waals surface area contributed by atoms with Crippen LogP contribution >= 0.6 is 11.3 Å². The molecule has 2 aliphatic rings. The van der Waals surface area contributed by atoms with E-state index in [1.807, 2.05) is 72.3 Å². The van der Waals surface area contributed by atoms with Crippen LogP contribution < -0.4 is 26.8 Å². The molecule has 1 aromatic heterocycles. The van der Waals surface area contributed by atoms with Gasteiger partial charge < -0.3 is 41.5 Å². The second-order valence-electron chi connectivity index (χ2n) is 11.8. The van der Waals surface area contributed by atoms with Crippen LogP contribution in [-0.2, 0) is 25.7 Å². The van der Waals surface area contributed by atoms with Gasteiger partial charge in [-0.1, -0.05) is 32.9 Å². The van der Waals surface area contributed by atoms with Crippen molar-refractivity contribution in [1.29, 1.82) is 0 Å². The summed E-state index contributed by atoms with van der Waals surface area (Å²) in [7, 11) is 6.36. The van der Waals surface area contributed by atoms with E-state index in [-0.39, 0.29) is 24.0 Å². The first-order valence-corrected chi connectivity index (χ1v) is 16.7. The maximum Gasteiger partial charge on any atom is 0.237 e. The Kier molecular flexibility index (Phi) is 25.3. The Hall–Kier alpha value is -3.14. The Morgan fingerprint density at radius 3 is 2.27 bits per heavy atom. The molecule has 0 radical (unpaired) electrons. The van der Waals surface area contributed by atoms with Crippen LogP contribution in [0.25, 0.3) is 10.4 Å². The van der Waals surface area contributed by atoms with Crippen molar-refractivity contribution >= 4 is 36.6 Å². The molecule has 48 heavy (non-hydrogen) atoms. The van der Waals surface area contributed by atoms with Crippen LogP contribution in [0.5, 0.6) is 5.75 Å². The Morgan fingerprint density at radius 2 is 1.90 bits per heavy atom. The Morgan fingerprint density at radius 1 is 1.27 bits per heavy atom. The van der Waals surface area contributed by atoms with Crippen molar-refractivity contribution in [2.45, 2.75) is 71.6 Å². The molecule has 1 saturated heterocycles. The summed E-state index contributed by atoms with van der Waals surface area (Å²) in [4.78, 5) is 49.1. The minimum Gasteiger partial charge on any atom is -0.486 e. The van der Waals surface area contributed by atoms with Crippen molar-refractivity contribution in [3.05, 3.63) is 35.0 Å². The second kappa shape index (κ2) is 25.8. The standard InChI is InChI=1S/C19H23N3O3S.C9H15FO.C3H10N2.CH5N.CH4O.CH2O/c1-13-18(26-12-21-13)14-5-6-15(17(10-14)25-9-8-23)11-20-19(24)16-4-3-7-22(16)2;1-8(2,3)7(6-11)9(10)4-5-9;1-5-3-2-4;3*1-2/h5-6,8,10,12,16H,3-4,7,9,11H2,1-2H3,(H,20,24);6-7H,4-5H2,1-3H3;5H,2-4H2,1H3;2H2,1H3;2H,1H3;1H2. The SMILES string of the molecule is C=O.CC(C)(C)C(C=O)C1(F)CC1.CN.CNCCN.CO.Cc1ncsc1-c1ccc(CNC(=O)C2CCCN2C)c(OCC=O)c1. The van der Waals surface area contributed by atoms with Gasteiger partial charge in [0.25, 0.3) is 0 Å². The Bertz CT molecular complexity index is 1170. The quantitative estimate of drug-likeness (QED) is 0.217. The van der Waals surface area contributed by atoms with Crippen molar-refractivity contribution in [3.63, 3.8) is 0 Å². The van der Waals surface area contributed by atoms with Crippen LogP contribution in [0.15, 0.2) is 23.7 Å². The molecule has 2 fully saturated rings. The molecular formula is C34H59FN6O6S. The lowest BCUT2D eigenvalue weighted by Gasteiger charge is -2.28. The van der Waals surface area contributed by atoms with E-state index in [9.17, 15) is 18.8 Å². The summed E-state index contributed by atoms with van der Waals surface area (Å²) < 4.78 is 19.0. The van der Waals surface area contributed by atoms with E-state index >= 15 is 0 Å². The maximum absolute atomic E-state index is 13.4. The van der Waals surface area contributed by atoms with E-state index in [1.165, 1.54) is 7.05 Å². The average Bonchev–Trinajstić information content (AvgIpc) is 3.43. The number of hydrogen-bond donors (Lipinski definition) is 5. The van der Waals surface area contributed by atoms with Gasteiger partial charge in [0.1, 0.15) is 31.1 Å². The number of aromatic nitrogens is 1. The highest BCUT2D eigenvalue weighted by atomic mass is 32.1. The average molecular weight is 699 g/mol. The molecule has 1 aliphatic heterocycles. The number of aryl methyl sites for hydroxylation is 1. The Labute approximate surface area is 290 Å². The number of carbonyl (C=O) groups excluding carboxylic acids is 4. The predicted molar refractivity (Wildman–Crippen MR) is 192 cm³/mol. The molecule has 1 saturated carbocycles. The van der Waals surface area contributed by atoms with Gasteiger partial charge in [0.2, 0.25) is 5.91 Å². The molecule has 14 heteroatoms. The lowest BCUT2D eigenvalue weighted by molar-refractivity contribution is -0.125. The predicted octanol–water partition coefficient (Wildman–Crippen LogP) is 2.92. The molecule has 2 unspecified atom stereocenters. The fourth-order valence-electron chi connectivity index (χ4n) is 4.90. The van der Waals surface area contributed by atoms with E-state index in [1.54, 1.807) is 11.3 Å². The topological polar surface area (TPSA) is 190 Å². The first-order valence-electron chi connectivity index (χ1n) is 15.8. The first-order chi connectivity index (χ1) is 22.9. The number of thiazole rings is 1. The third kappa shape index (κ3) is 16.3. The van der Waals surface area contributed by atoms with Crippen LogP contribution in [0.1, 0.15) is 57.7 Å². The van der Waals surface area contributed by atoms with Gasteiger partial charge in [-0.3, -0.25) is 14.5 Å². The molecule has 1 amide bonds. The van der Waals surface area contributed by atoms with Gasteiger partial charge in [-0.25, -0.2) is 9.37 Å². The summed E-state index contributed by atoms with van der Waals surface area (Å²) in [6.07, 6.45) is 4.56. The number of aldehydes is 2. The van der Waals surface area contributed by atoms with Gasteiger partial charge in [0, 0.05) is 32.3 Å². The van der Waals surface area contributed by atoms with E-state index in [4.69, 9.17) is 20.4 Å². The van der Waals surface area contributed by atoms with E-state index in [0.29, 0.717) is 25.1 Å². The van der Waals surface area contributed by atoms with Gasteiger partial charge in [-0.15, -0.1) is 11.3 Å². The van der Waals surface area contributed by atoms with Crippen LogP contribution in [0.4, 0.5) is 4.39 Å². The third-order valence-electron chi connectivity index (χ3n) is 7.41. The molecule has 1 aliphatic carbocycles. The molecule has 7 N–H and O–H groups in total. The number of amides is 1. The summed E-state index contributed by atoms with van der Waals surface area (Å²) in [6, 6.07) is 5.78. The molecule has 0 spiro atoms. The monoisotopic (exact) mass is 698 g/mol. The molecule has 4 rings (SSSR count). The van der Waals surface area contributed by atoms with Crippen LogP contribution in [0.2, 0.25) is 0 Å². The van der Waals surface area contributed by atoms with Gasteiger partial charge in [0.05, 0.1) is 28.0 Å². The molecule has 2 heterocycles. The summed E-state index contributed by atoms with van der Waals surface area (Å²) in [5.41, 5.74) is 12.8. The van der Waals surface area contributed by atoms with E-state index < -0.39 is 11.6 Å². The zero-order valence-corrected chi connectivity index (χ0v) is 30.8. The van der Waals surface area contributed by atoms with Gasteiger partial charge in [-0.05, 0) is 77.3 Å². The number of nitrogens with one attached hydrogen (secondary N) is 2. The number of halogens is 1. The van der Waals surface area contributed by atoms with Crippen LogP contribution in [0.3, 0.4) is 0 Å². The number of likely N-dealkylation sites (N-methyl/N-ethyl adjacent to an activating group) is 2. The summed E-state index contributed by atoms with van der Waals surface area (Å²) in [5.74, 6) is 0.228. The zero-order valence-electron chi connectivity index (χ0n) is 30.0. The van der Waals surface area contributed by atoms with Crippen molar-refractivity contribution in [2.24, 2.45) is 22.8 Å². The minimum absolute atomic E-state index is 0.0164. The third-order valence-corrected chi connectivity index (χ3v) is 8.38. The first kappa shape index (κ1) is 47.0. The summed E-state index contributed by atoms with van der Waals surface area (Å²) in [6.45, 7) is 12.6. The molecule has 0 bridgehead atoms. The van der Waals surface area contributed by atoms with Crippen molar-refractivity contribution in [1.82, 2.24) is 20.5 Å². The van der Waals surface area contributed by atoms with Gasteiger partial charge in [-0.2, -0.15) is 0 Å². The largest absolute Gasteiger partial charge is 0.486 e. The zero-order chi connectivity index (χ0) is 37.3. The van der Waals surface area contributed by atoms with Gasteiger partial charge >= 0.3 is 0 Å². The number of aliphatic hydroxyl groups excluding tert-OH is 1. The van der Waals surface area contributed by atoms with E-state index in [2.05, 4.69) is 26.3 Å². The number of aliphatic hydroxyl groups is 1. The molecule has 274 valence electrons. The fourth-order valence-corrected chi connectivity index (χ4v) is 5.70. The minimum atomic E-state index is -1.17. The molecular weight excluding hydrogens is 639 g/mol. The number of benzene rings is 1. The molecule has 2 aromatic rings. The summed E-state index contributed by atoms with van der Waals surface area (Å²) >= 11 is 1.56. The smallest absolute Gasteiger partial charge is 0.237 e. The normalized spacial score (nSPS) is 16.1. The number of carbonyl (C=O) groups is 4.